The van der Waals surface area contributed by atoms with Crippen LogP contribution in [0.25, 0.3) is 0 Å². The Kier molecular flexibility index (Phi) is 6.25. The molecule has 22 heavy (non-hydrogen) atoms. The maximum absolute atomic E-state index is 13.9. The molecule has 0 aromatic heterocycles. The van der Waals surface area contributed by atoms with E-state index in [1.807, 2.05) is 0 Å². The topological polar surface area (TPSA) is 101 Å². The molecule has 0 saturated carbocycles. The molecule has 0 aliphatic rings. The fraction of sp³-hybridized carbons (Fsp3) is 0.533. The number of aliphatic hydroxyl groups excluding tert-OH is 1. The molecule has 0 saturated heterocycles. The molecule has 2 atom stereocenters. The van der Waals surface area contributed by atoms with Gasteiger partial charge in [0, 0.05) is 18.3 Å². The van der Waals surface area contributed by atoms with E-state index in [4.69, 9.17) is 11.5 Å². The van der Waals surface area contributed by atoms with Crippen molar-refractivity contribution in [2.45, 2.75) is 44.9 Å². The van der Waals surface area contributed by atoms with Crippen molar-refractivity contribution in [2.24, 2.45) is 11.7 Å². The lowest BCUT2D eigenvalue weighted by Crippen LogP contribution is -2.55. The van der Waals surface area contributed by atoms with Gasteiger partial charge in [-0.15, -0.1) is 0 Å². The summed E-state index contributed by atoms with van der Waals surface area (Å²) in [4.78, 5) is 11.6. The molecule has 0 fully saturated rings. The number of anilines is 1. The monoisotopic (exact) mass is 315 g/mol. The molecule has 1 rings (SSSR count). The summed E-state index contributed by atoms with van der Waals surface area (Å²) in [5.74, 6) is -5.45. The molecule has 0 heterocycles. The van der Waals surface area contributed by atoms with E-state index in [2.05, 4.69) is 5.32 Å². The first-order chi connectivity index (χ1) is 10.1. The molecule has 1 aromatic rings. The molecule has 7 heteroatoms. The molecule has 5 nitrogen and oxygen atoms in total. The Morgan fingerprint density at radius 1 is 1.32 bits per heavy atom. The molecule has 0 aliphatic heterocycles. The Labute approximate surface area is 128 Å². The number of benzene rings is 1. The third-order valence-corrected chi connectivity index (χ3v) is 3.26. The van der Waals surface area contributed by atoms with E-state index in [-0.39, 0.29) is 18.9 Å². The smallest absolute Gasteiger partial charge is 0.351 e. The van der Waals surface area contributed by atoms with Crippen LogP contribution in [0.5, 0.6) is 0 Å². The van der Waals surface area contributed by atoms with E-state index >= 15 is 0 Å². The lowest BCUT2D eigenvalue weighted by atomic mass is 9.96. The van der Waals surface area contributed by atoms with E-state index in [0.717, 1.165) is 0 Å². The van der Waals surface area contributed by atoms with Crippen molar-refractivity contribution < 1.29 is 18.7 Å². The molecule has 6 N–H and O–H groups in total. The van der Waals surface area contributed by atoms with Gasteiger partial charge in [-0.2, -0.15) is 8.78 Å². The normalized spacial score (nSPS) is 14.7. The first-order valence-electron chi connectivity index (χ1n) is 7.08. The number of nitrogens with two attached hydrogens (primary N) is 2. The number of alkyl halides is 2. The molecular weight excluding hydrogens is 292 g/mol. The summed E-state index contributed by atoms with van der Waals surface area (Å²) >= 11 is 0. The molecule has 0 spiro atoms. The predicted octanol–water partition coefficient (Wildman–Crippen LogP) is 1.25. The summed E-state index contributed by atoms with van der Waals surface area (Å²) in [6.07, 6.45) is -2.02. The molecule has 124 valence electrons. The second-order valence-corrected chi connectivity index (χ2v) is 5.79. The lowest BCUT2D eigenvalue weighted by Gasteiger charge is -2.27. The largest absolute Gasteiger partial charge is 0.399 e. The van der Waals surface area contributed by atoms with Crippen LogP contribution >= 0.6 is 0 Å². The molecule has 1 aromatic carbocycles. The summed E-state index contributed by atoms with van der Waals surface area (Å²) in [5.41, 5.74) is 12.2. The first-order valence-corrected chi connectivity index (χ1v) is 7.08. The van der Waals surface area contributed by atoms with Gasteiger partial charge in [0.05, 0.1) is 0 Å². The number of halogens is 2. The minimum absolute atomic E-state index is 0.0401. The molecule has 0 radical (unpaired) electrons. The van der Waals surface area contributed by atoms with Gasteiger partial charge >= 0.3 is 5.92 Å². The Bertz CT molecular complexity index is 492. The van der Waals surface area contributed by atoms with E-state index in [1.165, 1.54) is 0 Å². The van der Waals surface area contributed by atoms with Crippen LogP contribution in [-0.4, -0.2) is 29.1 Å². The van der Waals surface area contributed by atoms with E-state index < -0.39 is 24.0 Å². The van der Waals surface area contributed by atoms with Crippen LogP contribution < -0.4 is 16.8 Å². The SMILES string of the molecule is CC(C)C[C@H](N)[C@@H](O)C(F)(F)C(=O)NCc1ccc(N)cc1. The number of carbonyl (C=O) groups excluding carboxylic acids is 1. The van der Waals surface area contributed by atoms with E-state index in [0.29, 0.717) is 11.3 Å². The van der Waals surface area contributed by atoms with Gasteiger partial charge in [0.15, 0.2) is 0 Å². The average Bonchev–Trinajstić information content (AvgIpc) is 2.44. The van der Waals surface area contributed by atoms with Crippen molar-refractivity contribution in [1.29, 1.82) is 0 Å². The zero-order valence-electron chi connectivity index (χ0n) is 12.7. The van der Waals surface area contributed by atoms with Crippen molar-refractivity contribution in [3.63, 3.8) is 0 Å². The van der Waals surface area contributed by atoms with E-state index in [1.54, 1.807) is 38.1 Å². The van der Waals surface area contributed by atoms with Gasteiger partial charge in [-0.1, -0.05) is 26.0 Å². The number of aliphatic hydroxyl groups is 1. The number of rotatable bonds is 7. The second-order valence-electron chi connectivity index (χ2n) is 5.79. The van der Waals surface area contributed by atoms with Gasteiger partial charge in [0.25, 0.3) is 5.91 Å². The van der Waals surface area contributed by atoms with Gasteiger partial charge in [0.2, 0.25) is 0 Å². The van der Waals surface area contributed by atoms with Crippen LogP contribution in [0.3, 0.4) is 0 Å². The summed E-state index contributed by atoms with van der Waals surface area (Å²) in [7, 11) is 0. The van der Waals surface area contributed by atoms with E-state index in [9.17, 15) is 18.7 Å². The van der Waals surface area contributed by atoms with Crippen LogP contribution in [0.15, 0.2) is 24.3 Å². The Morgan fingerprint density at radius 3 is 2.36 bits per heavy atom. The minimum atomic E-state index is -3.94. The van der Waals surface area contributed by atoms with Crippen molar-refractivity contribution in [3.05, 3.63) is 29.8 Å². The number of nitrogen functional groups attached to an aromatic ring is 1. The number of nitrogens with one attached hydrogen (secondary N) is 1. The second kappa shape index (κ2) is 7.51. The van der Waals surface area contributed by atoms with Crippen LogP contribution in [0.4, 0.5) is 14.5 Å². The van der Waals surface area contributed by atoms with Crippen LogP contribution in [0.2, 0.25) is 0 Å². The zero-order valence-corrected chi connectivity index (χ0v) is 12.7. The molecule has 1 amide bonds. The van der Waals surface area contributed by atoms with Crippen LogP contribution in [0, 0.1) is 5.92 Å². The van der Waals surface area contributed by atoms with Crippen molar-refractivity contribution in [1.82, 2.24) is 5.32 Å². The maximum atomic E-state index is 13.9. The number of hydrogen-bond acceptors (Lipinski definition) is 4. The fourth-order valence-electron chi connectivity index (χ4n) is 2.01. The Balaban J connectivity index is 2.63. The zero-order chi connectivity index (χ0) is 16.9. The first kappa shape index (κ1) is 18.3. The molecule has 0 aliphatic carbocycles. The Morgan fingerprint density at radius 2 is 1.86 bits per heavy atom. The fourth-order valence-corrected chi connectivity index (χ4v) is 2.01. The van der Waals surface area contributed by atoms with Gasteiger partial charge in [-0.05, 0) is 30.0 Å². The third-order valence-electron chi connectivity index (χ3n) is 3.26. The number of amides is 1. The van der Waals surface area contributed by atoms with Crippen molar-refractivity contribution in [3.8, 4) is 0 Å². The van der Waals surface area contributed by atoms with Crippen molar-refractivity contribution in [2.75, 3.05) is 5.73 Å². The van der Waals surface area contributed by atoms with Gasteiger partial charge in [0.1, 0.15) is 6.10 Å². The highest BCUT2D eigenvalue weighted by atomic mass is 19.3. The average molecular weight is 315 g/mol. The van der Waals surface area contributed by atoms with Gasteiger partial charge < -0.3 is 21.9 Å². The molecule has 0 unspecified atom stereocenters. The summed E-state index contributed by atoms with van der Waals surface area (Å²) in [5, 5.41) is 11.7. The predicted molar refractivity (Wildman–Crippen MR) is 81.1 cm³/mol. The highest BCUT2D eigenvalue weighted by Gasteiger charge is 2.49. The summed E-state index contributed by atoms with van der Waals surface area (Å²) in [6.45, 7) is 3.51. The molecular formula is C15H23F2N3O2. The van der Waals surface area contributed by atoms with Crippen LogP contribution in [-0.2, 0) is 11.3 Å². The van der Waals surface area contributed by atoms with Gasteiger partial charge in [-0.3, -0.25) is 4.79 Å². The standard InChI is InChI=1S/C15H23F2N3O2/c1-9(2)7-12(19)13(21)15(16,17)14(22)20-8-10-3-5-11(18)6-4-10/h3-6,9,12-13,21H,7-8,18-19H2,1-2H3,(H,20,22)/t12-,13+/m0/s1. The highest BCUT2D eigenvalue weighted by Crippen LogP contribution is 2.23. The number of carbonyl (C=O) groups is 1. The Hall–Kier alpha value is -1.73. The quantitative estimate of drug-likeness (QED) is 0.569. The summed E-state index contributed by atoms with van der Waals surface area (Å²) in [6, 6.07) is 5.28. The van der Waals surface area contributed by atoms with Gasteiger partial charge in [-0.25, -0.2) is 0 Å². The summed E-state index contributed by atoms with van der Waals surface area (Å²) < 4.78 is 27.8. The van der Waals surface area contributed by atoms with Crippen molar-refractivity contribution >= 4 is 11.6 Å². The minimum Gasteiger partial charge on any atom is -0.399 e. The number of hydrogen-bond donors (Lipinski definition) is 4. The third kappa shape index (κ3) is 4.92. The lowest BCUT2D eigenvalue weighted by molar-refractivity contribution is -0.166. The maximum Gasteiger partial charge on any atom is 0.351 e. The molecule has 0 bridgehead atoms. The van der Waals surface area contributed by atoms with Crippen LogP contribution in [0.1, 0.15) is 25.8 Å². The highest BCUT2D eigenvalue weighted by molar-refractivity contribution is 5.84.